The molecule has 0 aromatic heterocycles. The number of carbonyl (C=O) groups is 2. The summed E-state index contributed by atoms with van der Waals surface area (Å²) >= 11 is 0. The van der Waals surface area contributed by atoms with Crippen molar-refractivity contribution in [3.05, 3.63) is 0 Å². The number of ether oxygens (including phenoxy) is 1. The van der Waals surface area contributed by atoms with Crippen LogP contribution in [-0.2, 0) is 14.3 Å². The summed E-state index contributed by atoms with van der Waals surface area (Å²) in [6.45, 7) is 1.39. The van der Waals surface area contributed by atoms with Gasteiger partial charge in [-0.1, -0.05) is 6.92 Å². The number of hydrogen-bond donors (Lipinski definition) is 4. The van der Waals surface area contributed by atoms with Crippen LogP contribution in [0.5, 0.6) is 0 Å². The molecule has 0 bridgehead atoms. The third kappa shape index (κ3) is 3.39. The summed E-state index contributed by atoms with van der Waals surface area (Å²) in [7, 11) is 0. The van der Waals surface area contributed by atoms with Crippen LogP contribution >= 0.6 is 0 Å². The maximum absolute atomic E-state index is 11.4. The predicted octanol–water partition coefficient (Wildman–Crippen LogP) is -2.09. The number of esters is 1. The monoisotopic (exact) mass is 247 g/mol. The molecule has 0 unspecified atom stereocenters. The Balaban J connectivity index is 2.72. The van der Waals surface area contributed by atoms with Crippen molar-refractivity contribution < 1.29 is 29.6 Å². The van der Waals surface area contributed by atoms with E-state index in [0.29, 0.717) is 6.42 Å². The number of hydrogen-bond acceptors (Lipinski definition) is 6. The highest BCUT2D eigenvalue weighted by molar-refractivity contribution is 5.85. The van der Waals surface area contributed by atoms with E-state index in [1.807, 2.05) is 0 Å². The van der Waals surface area contributed by atoms with Crippen LogP contribution in [-0.4, -0.2) is 58.2 Å². The van der Waals surface area contributed by atoms with E-state index in [9.17, 15) is 24.9 Å². The molecule has 0 aromatic rings. The van der Waals surface area contributed by atoms with Gasteiger partial charge in [-0.2, -0.15) is 0 Å². The molecule has 0 aromatic carbocycles. The van der Waals surface area contributed by atoms with Crippen molar-refractivity contribution in [1.82, 2.24) is 5.32 Å². The summed E-state index contributed by atoms with van der Waals surface area (Å²) < 4.78 is 4.62. The van der Waals surface area contributed by atoms with E-state index < -0.39 is 42.8 Å². The summed E-state index contributed by atoms with van der Waals surface area (Å²) in [5.41, 5.74) is 0. The highest BCUT2D eigenvalue weighted by Crippen LogP contribution is 2.12. The fourth-order valence-electron chi connectivity index (χ4n) is 1.54. The summed E-state index contributed by atoms with van der Waals surface area (Å²) in [4.78, 5) is 22.8. The van der Waals surface area contributed by atoms with Crippen LogP contribution in [0.1, 0.15) is 19.8 Å². The second kappa shape index (κ2) is 5.95. The van der Waals surface area contributed by atoms with E-state index in [2.05, 4.69) is 10.1 Å². The van der Waals surface area contributed by atoms with Crippen LogP contribution in [0, 0.1) is 0 Å². The van der Waals surface area contributed by atoms with Crippen LogP contribution in [0.4, 0.5) is 0 Å². The van der Waals surface area contributed by atoms with Crippen LogP contribution in [0.15, 0.2) is 0 Å². The van der Waals surface area contributed by atoms with Crippen molar-refractivity contribution >= 4 is 11.9 Å². The average Bonchev–Trinajstić information content (AvgIpc) is 2.37. The molecule has 0 radical (unpaired) electrons. The fraction of sp³-hybridized carbons (Fsp3) is 0.800. The molecular weight excluding hydrogens is 230 g/mol. The predicted molar refractivity (Wildman–Crippen MR) is 55.8 cm³/mol. The van der Waals surface area contributed by atoms with Crippen molar-refractivity contribution in [3.8, 4) is 0 Å². The van der Waals surface area contributed by atoms with E-state index in [1.54, 1.807) is 6.92 Å². The second-order valence-corrected chi connectivity index (χ2v) is 3.97. The van der Waals surface area contributed by atoms with Crippen molar-refractivity contribution in [3.63, 3.8) is 0 Å². The molecule has 1 fully saturated rings. The summed E-state index contributed by atoms with van der Waals surface area (Å²) in [6.07, 6.45) is -3.68. The Kier molecular flexibility index (Phi) is 4.86. The Morgan fingerprint density at radius 1 is 1.41 bits per heavy atom. The van der Waals surface area contributed by atoms with E-state index in [4.69, 9.17) is 0 Å². The minimum absolute atomic E-state index is 0.204. The molecule has 4 N–H and O–H groups in total. The van der Waals surface area contributed by atoms with Gasteiger partial charge in [0.15, 0.2) is 6.04 Å². The Hall–Kier alpha value is -1.18. The minimum Gasteiger partial charge on any atom is -0.461 e. The third-order valence-electron chi connectivity index (χ3n) is 2.53. The second-order valence-electron chi connectivity index (χ2n) is 3.97. The molecule has 4 atom stereocenters. The first-order chi connectivity index (χ1) is 7.97. The van der Waals surface area contributed by atoms with Gasteiger partial charge in [0.05, 0.1) is 0 Å². The molecule has 0 aliphatic carbocycles. The van der Waals surface area contributed by atoms with Crippen LogP contribution < -0.4 is 5.32 Å². The number of rotatable bonds is 3. The molecule has 1 heterocycles. The minimum atomic E-state index is -1.58. The van der Waals surface area contributed by atoms with E-state index in [0.717, 1.165) is 0 Å². The van der Waals surface area contributed by atoms with E-state index in [1.165, 1.54) is 0 Å². The first-order valence-corrected chi connectivity index (χ1v) is 5.47. The van der Waals surface area contributed by atoms with Gasteiger partial charge in [-0.15, -0.1) is 0 Å². The van der Waals surface area contributed by atoms with E-state index in [-0.39, 0.29) is 6.42 Å². The summed E-state index contributed by atoms with van der Waals surface area (Å²) in [5, 5.41) is 30.7. The molecule has 7 heteroatoms. The Bertz CT molecular complexity index is 295. The zero-order valence-corrected chi connectivity index (χ0v) is 9.50. The lowest BCUT2D eigenvalue weighted by Gasteiger charge is -2.23. The van der Waals surface area contributed by atoms with Crippen LogP contribution in [0.2, 0.25) is 0 Å². The molecule has 7 nitrogen and oxygen atoms in total. The zero-order chi connectivity index (χ0) is 13.0. The lowest BCUT2D eigenvalue weighted by Crippen LogP contribution is -2.53. The Labute approximate surface area is 98.4 Å². The van der Waals surface area contributed by atoms with E-state index >= 15 is 0 Å². The van der Waals surface area contributed by atoms with Gasteiger partial charge in [0.2, 0.25) is 5.91 Å². The zero-order valence-electron chi connectivity index (χ0n) is 9.50. The van der Waals surface area contributed by atoms with Crippen molar-refractivity contribution in [2.24, 2.45) is 0 Å². The molecule has 1 amide bonds. The van der Waals surface area contributed by atoms with Crippen molar-refractivity contribution in [2.45, 2.75) is 44.1 Å². The number of nitrogens with one attached hydrogen (secondary N) is 1. The first kappa shape index (κ1) is 13.9. The maximum atomic E-state index is 11.4. The van der Waals surface area contributed by atoms with Crippen LogP contribution in [0.3, 0.4) is 0 Å². The molecule has 17 heavy (non-hydrogen) atoms. The van der Waals surface area contributed by atoms with Gasteiger partial charge in [0.25, 0.3) is 0 Å². The molecule has 1 rings (SSSR count). The molecular formula is C10H17NO6. The van der Waals surface area contributed by atoms with Gasteiger partial charge in [0, 0.05) is 6.42 Å². The van der Waals surface area contributed by atoms with Gasteiger partial charge in [0.1, 0.15) is 24.9 Å². The van der Waals surface area contributed by atoms with Gasteiger partial charge in [-0.05, 0) is 6.42 Å². The molecule has 1 aliphatic heterocycles. The first-order valence-electron chi connectivity index (χ1n) is 5.47. The number of carbonyl (C=O) groups excluding carboxylic acids is 2. The quantitative estimate of drug-likeness (QED) is 0.425. The van der Waals surface area contributed by atoms with Gasteiger partial charge in [-0.3, -0.25) is 4.79 Å². The van der Waals surface area contributed by atoms with Gasteiger partial charge in [-0.25, -0.2) is 4.79 Å². The SMILES string of the molecule is CCCC(=O)N[C@H]1C(=O)OC[C@@H](O)[C@H](O)[C@@H]1O. The summed E-state index contributed by atoms with van der Waals surface area (Å²) in [6, 6.07) is -1.35. The largest absolute Gasteiger partial charge is 0.461 e. The number of aliphatic hydroxyl groups excluding tert-OH is 3. The number of aliphatic hydroxyl groups is 3. The number of amides is 1. The Morgan fingerprint density at radius 3 is 2.65 bits per heavy atom. The third-order valence-corrected chi connectivity index (χ3v) is 2.53. The Morgan fingerprint density at radius 2 is 2.06 bits per heavy atom. The van der Waals surface area contributed by atoms with Crippen molar-refractivity contribution in [2.75, 3.05) is 6.61 Å². The molecule has 1 aliphatic rings. The van der Waals surface area contributed by atoms with Gasteiger partial charge < -0.3 is 25.4 Å². The fourth-order valence-corrected chi connectivity index (χ4v) is 1.54. The average molecular weight is 247 g/mol. The normalized spacial score (nSPS) is 33.8. The van der Waals surface area contributed by atoms with Crippen LogP contribution in [0.25, 0.3) is 0 Å². The van der Waals surface area contributed by atoms with Gasteiger partial charge >= 0.3 is 5.97 Å². The molecule has 0 saturated carbocycles. The highest BCUT2D eigenvalue weighted by Gasteiger charge is 2.41. The molecule has 0 spiro atoms. The molecule has 98 valence electrons. The smallest absolute Gasteiger partial charge is 0.331 e. The number of cyclic esters (lactones) is 1. The highest BCUT2D eigenvalue weighted by atomic mass is 16.5. The lowest BCUT2D eigenvalue weighted by molar-refractivity contribution is -0.150. The lowest BCUT2D eigenvalue weighted by atomic mass is 10.0. The summed E-state index contributed by atoms with van der Waals surface area (Å²) in [5.74, 6) is -1.28. The maximum Gasteiger partial charge on any atom is 0.331 e. The standard InChI is InChI=1S/C10H17NO6/c1-2-3-6(13)11-7-9(15)8(14)5(12)4-17-10(7)16/h5,7-9,12,14-15H,2-4H2,1H3,(H,11,13)/t5-,7-,8+,9-/m1/s1. The topological polar surface area (TPSA) is 116 Å². The molecule has 1 saturated heterocycles. The van der Waals surface area contributed by atoms with Crippen molar-refractivity contribution in [1.29, 1.82) is 0 Å².